The van der Waals surface area contributed by atoms with E-state index < -0.39 is 7.82 Å². The maximum Gasteiger partial charge on any atom is 0.472 e. The average molecular weight is 515 g/mol. The smallest absolute Gasteiger partial charge is 0.329 e. The number of likely N-dealkylation sites (N-methyl/N-ethyl adjacent to an activating group) is 1. The van der Waals surface area contributed by atoms with Gasteiger partial charge in [0.1, 0.15) is 13.2 Å². The van der Waals surface area contributed by atoms with Gasteiger partial charge >= 0.3 is 7.82 Å². The quantitative estimate of drug-likeness (QED) is 0.127. The van der Waals surface area contributed by atoms with E-state index in [1.54, 1.807) is 0 Å². The molecule has 0 aromatic heterocycles. The minimum atomic E-state index is -4.21. The highest BCUT2D eigenvalue weighted by Gasteiger charge is 2.26. The third kappa shape index (κ3) is 20.7. The maximum absolute atomic E-state index is 12.4. The van der Waals surface area contributed by atoms with Crippen molar-refractivity contribution in [3.05, 3.63) is 0 Å². The van der Waals surface area contributed by atoms with E-state index in [1.807, 2.05) is 21.1 Å². The lowest BCUT2D eigenvalue weighted by Crippen LogP contribution is -2.37. The van der Waals surface area contributed by atoms with Crippen LogP contribution in [-0.4, -0.2) is 71.5 Å². The summed E-state index contributed by atoms with van der Waals surface area (Å²) in [6.07, 6.45) is 9.19. The molecule has 0 heterocycles. The normalized spacial score (nSPS) is 14.8. The van der Waals surface area contributed by atoms with Gasteiger partial charge in [-0.05, 0) is 12.8 Å². The third-order valence-corrected chi connectivity index (χ3v) is 8.03. The molecule has 190 valence electrons. The third-order valence-electron chi connectivity index (χ3n) is 4.64. The fourth-order valence-electron chi connectivity index (χ4n) is 2.66. The first-order valence-corrected chi connectivity index (χ1v) is 15.1. The van der Waals surface area contributed by atoms with Crippen molar-refractivity contribution in [1.29, 1.82) is 0 Å². The van der Waals surface area contributed by atoms with Gasteiger partial charge in [-0.25, -0.2) is 4.57 Å². The number of hydrogen-bond acceptors (Lipinski definition) is 7. The van der Waals surface area contributed by atoms with Gasteiger partial charge in [0, 0.05) is 23.8 Å². The molecule has 1 unspecified atom stereocenters. The predicted molar refractivity (Wildman–Crippen MR) is 136 cm³/mol. The van der Waals surface area contributed by atoms with Crippen LogP contribution < -0.4 is 0 Å². The number of phosphoric acid groups is 1. The minimum absolute atomic E-state index is 0.0319. The molecule has 0 aromatic carbocycles. The van der Waals surface area contributed by atoms with E-state index in [1.165, 1.54) is 11.8 Å². The maximum atomic E-state index is 12.4. The van der Waals surface area contributed by atoms with Crippen molar-refractivity contribution >= 4 is 41.6 Å². The summed E-state index contributed by atoms with van der Waals surface area (Å²) >= 11 is 2.30. The summed E-state index contributed by atoms with van der Waals surface area (Å²) in [5.41, 5.74) is 0. The molecule has 0 amide bonds. The van der Waals surface area contributed by atoms with Gasteiger partial charge in [0.15, 0.2) is 10.2 Å². The molecule has 0 saturated carbocycles. The molecule has 10 heteroatoms. The van der Waals surface area contributed by atoms with E-state index in [2.05, 4.69) is 13.8 Å². The highest BCUT2D eigenvalue weighted by Crippen LogP contribution is 2.44. The second kappa shape index (κ2) is 18.4. The molecule has 0 aliphatic carbocycles. The number of nitrogens with zero attached hydrogens (tertiary/aromatic N) is 1. The van der Waals surface area contributed by atoms with Crippen LogP contribution in [-0.2, 0) is 23.2 Å². The van der Waals surface area contributed by atoms with Crippen molar-refractivity contribution in [2.75, 3.05) is 46.7 Å². The summed E-state index contributed by atoms with van der Waals surface area (Å²) in [7, 11) is 1.67. The van der Waals surface area contributed by atoms with Crippen LogP contribution in [0.3, 0.4) is 0 Å². The number of hydrogen-bond donors (Lipinski definition) is 1. The summed E-state index contributed by atoms with van der Waals surface area (Å²) in [4.78, 5) is 34.5. The van der Waals surface area contributed by atoms with Crippen LogP contribution >= 0.6 is 31.3 Å². The highest BCUT2D eigenvalue weighted by molar-refractivity contribution is 8.17. The van der Waals surface area contributed by atoms with Crippen molar-refractivity contribution in [2.45, 2.75) is 83.3 Å². The van der Waals surface area contributed by atoms with E-state index in [9.17, 15) is 19.0 Å². The second-order valence-corrected chi connectivity index (χ2v) is 12.9. The number of quaternary nitrogens is 1. The van der Waals surface area contributed by atoms with Gasteiger partial charge in [0.05, 0.1) is 27.7 Å². The Bertz CT molecular complexity index is 571. The molecule has 0 radical (unpaired) electrons. The van der Waals surface area contributed by atoms with Gasteiger partial charge in [-0.3, -0.25) is 18.6 Å². The molecule has 2 atom stereocenters. The molecule has 0 fully saturated rings. The van der Waals surface area contributed by atoms with Crippen LogP contribution in [0.15, 0.2) is 0 Å². The Labute approximate surface area is 204 Å². The molecule has 0 aliphatic rings. The zero-order valence-electron chi connectivity index (χ0n) is 20.7. The Balaban J connectivity index is 4.63. The van der Waals surface area contributed by atoms with E-state index >= 15 is 0 Å². The van der Waals surface area contributed by atoms with Crippen molar-refractivity contribution < 1.29 is 32.6 Å². The molecule has 0 aromatic rings. The van der Waals surface area contributed by atoms with Crippen LogP contribution in [0.4, 0.5) is 0 Å². The summed E-state index contributed by atoms with van der Waals surface area (Å²) in [6.45, 7) is 4.79. The lowest BCUT2D eigenvalue weighted by Gasteiger charge is -2.24. The van der Waals surface area contributed by atoms with Crippen LogP contribution in [0.25, 0.3) is 0 Å². The zero-order chi connectivity index (χ0) is 24.5. The molecular formula is C22H45NO6PS2+. The van der Waals surface area contributed by atoms with Crippen molar-refractivity contribution in [3.63, 3.8) is 0 Å². The van der Waals surface area contributed by atoms with Gasteiger partial charge in [-0.1, -0.05) is 75.9 Å². The summed E-state index contributed by atoms with van der Waals surface area (Å²) < 4.78 is 23.1. The first kappa shape index (κ1) is 32.1. The lowest BCUT2D eigenvalue weighted by molar-refractivity contribution is -0.870. The molecular weight excluding hydrogens is 469 g/mol. The Morgan fingerprint density at radius 3 is 2.00 bits per heavy atom. The standard InChI is InChI=1S/C22H44NO6PS2/c1-6-8-10-12-14-21(24)31-19-20(32-22(25)15-13-11-9-7-2)18-29-30(26,27)28-17-16-23(3,4)5/h20H,6-19H2,1-5H3/p+1/t20-/m1/s1. The van der Waals surface area contributed by atoms with E-state index in [0.717, 1.165) is 63.1 Å². The van der Waals surface area contributed by atoms with Gasteiger partial charge < -0.3 is 9.38 Å². The molecule has 0 aliphatic heterocycles. The number of rotatable bonds is 20. The zero-order valence-corrected chi connectivity index (χ0v) is 23.2. The molecule has 0 saturated heterocycles. The Morgan fingerprint density at radius 1 is 0.906 bits per heavy atom. The predicted octanol–water partition coefficient (Wildman–Crippen LogP) is 5.66. The molecule has 32 heavy (non-hydrogen) atoms. The van der Waals surface area contributed by atoms with E-state index in [4.69, 9.17) is 9.05 Å². The SMILES string of the molecule is CCCCCCC(=O)SC[C@@H](COP(=O)(O)OCC[N+](C)(C)C)SC(=O)CCCCCC. The molecule has 0 spiro atoms. The number of carbonyl (C=O) groups is 2. The number of carbonyl (C=O) groups excluding carboxylic acids is 2. The summed E-state index contributed by atoms with van der Waals surface area (Å²) in [5.74, 6) is 0.372. The molecule has 7 nitrogen and oxygen atoms in total. The largest absolute Gasteiger partial charge is 0.472 e. The fraction of sp³-hybridized carbons (Fsp3) is 0.909. The lowest BCUT2D eigenvalue weighted by atomic mass is 10.2. The fourth-order valence-corrected chi connectivity index (χ4v) is 5.52. The van der Waals surface area contributed by atoms with Gasteiger partial charge in [0.25, 0.3) is 0 Å². The van der Waals surface area contributed by atoms with Crippen LogP contribution in [0, 0.1) is 0 Å². The van der Waals surface area contributed by atoms with Gasteiger partial charge in [-0.15, -0.1) is 0 Å². The number of phosphoric ester groups is 1. The van der Waals surface area contributed by atoms with Crippen LogP contribution in [0.2, 0.25) is 0 Å². The Morgan fingerprint density at radius 2 is 1.47 bits per heavy atom. The second-order valence-electron chi connectivity index (χ2n) is 9.03. The van der Waals surface area contributed by atoms with Crippen molar-refractivity contribution in [1.82, 2.24) is 0 Å². The highest BCUT2D eigenvalue weighted by atomic mass is 32.2. The van der Waals surface area contributed by atoms with Crippen molar-refractivity contribution in [2.24, 2.45) is 0 Å². The summed E-state index contributed by atoms with van der Waals surface area (Å²) in [6, 6.07) is 0. The Kier molecular flexibility index (Phi) is 18.5. The summed E-state index contributed by atoms with van der Waals surface area (Å²) in [5, 5.41) is -0.251. The minimum Gasteiger partial charge on any atom is -0.329 e. The first-order valence-electron chi connectivity index (χ1n) is 11.8. The van der Waals surface area contributed by atoms with E-state index in [0.29, 0.717) is 29.6 Å². The average Bonchev–Trinajstić information content (AvgIpc) is 2.69. The van der Waals surface area contributed by atoms with Gasteiger partial charge in [0.2, 0.25) is 0 Å². The van der Waals surface area contributed by atoms with Gasteiger partial charge in [-0.2, -0.15) is 0 Å². The molecule has 1 N–H and O–H groups in total. The number of thioether (sulfide) groups is 2. The molecule has 0 bridgehead atoms. The van der Waals surface area contributed by atoms with Crippen LogP contribution in [0.1, 0.15) is 78.1 Å². The van der Waals surface area contributed by atoms with Crippen molar-refractivity contribution in [3.8, 4) is 0 Å². The molecule has 0 rings (SSSR count). The van der Waals surface area contributed by atoms with E-state index in [-0.39, 0.29) is 28.7 Å². The first-order chi connectivity index (χ1) is 15.0. The Hall–Kier alpha value is 0.110. The monoisotopic (exact) mass is 514 g/mol. The van der Waals surface area contributed by atoms with Crippen LogP contribution in [0.5, 0.6) is 0 Å². The topological polar surface area (TPSA) is 89.9 Å². The number of unbranched alkanes of at least 4 members (excludes halogenated alkanes) is 6.